The fourth-order valence-corrected chi connectivity index (χ4v) is 4.25. The lowest BCUT2D eigenvalue weighted by molar-refractivity contribution is 0.0687. The number of nitrogens with one attached hydrogen (secondary N) is 1. The van der Waals surface area contributed by atoms with Gasteiger partial charge >= 0.3 is 0 Å². The zero-order valence-electron chi connectivity index (χ0n) is 13.7. The van der Waals surface area contributed by atoms with Crippen molar-refractivity contribution in [1.29, 1.82) is 0 Å². The number of methoxy groups -OCH3 is 1. The maximum Gasteiger partial charge on any atom is 0.0502 e. The van der Waals surface area contributed by atoms with Crippen LogP contribution in [-0.2, 0) is 4.74 Å². The van der Waals surface area contributed by atoms with Gasteiger partial charge in [0.05, 0.1) is 6.61 Å². The quantitative estimate of drug-likeness (QED) is 0.811. The number of ether oxygens (including phenoxy) is 1. The van der Waals surface area contributed by atoms with E-state index in [1.54, 1.807) is 0 Å². The van der Waals surface area contributed by atoms with Crippen LogP contribution in [0.4, 0.5) is 0 Å². The first-order valence-electron chi connectivity index (χ1n) is 8.67. The summed E-state index contributed by atoms with van der Waals surface area (Å²) in [5, 5.41) is 3.73. The molecule has 3 heteroatoms. The lowest BCUT2D eigenvalue weighted by atomic mass is 9.78. The molecule has 1 aliphatic heterocycles. The molecule has 20 heavy (non-hydrogen) atoms. The summed E-state index contributed by atoms with van der Waals surface area (Å²) in [4.78, 5) is 2.71. The van der Waals surface area contributed by atoms with Gasteiger partial charge in [0.25, 0.3) is 0 Å². The monoisotopic (exact) mass is 282 g/mol. The van der Waals surface area contributed by atoms with E-state index < -0.39 is 0 Å². The number of nitrogens with zero attached hydrogens (tertiary/aromatic N) is 1. The van der Waals surface area contributed by atoms with E-state index in [4.69, 9.17) is 4.74 Å². The predicted molar refractivity (Wildman–Crippen MR) is 85.0 cm³/mol. The van der Waals surface area contributed by atoms with Crippen molar-refractivity contribution >= 4 is 0 Å². The molecule has 1 N–H and O–H groups in total. The molecule has 0 radical (unpaired) electrons. The third-order valence-corrected chi connectivity index (χ3v) is 5.21. The molecule has 0 amide bonds. The van der Waals surface area contributed by atoms with Crippen molar-refractivity contribution in [1.82, 2.24) is 10.2 Å². The summed E-state index contributed by atoms with van der Waals surface area (Å²) in [5.74, 6) is 2.52. The van der Waals surface area contributed by atoms with E-state index in [0.29, 0.717) is 0 Å². The van der Waals surface area contributed by atoms with Gasteiger partial charge < -0.3 is 15.0 Å². The van der Waals surface area contributed by atoms with Crippen LogP contribution in [-0.4, -0.2) is 50.8 Å². The van der Waals surface area contributed by atoms with Crippen molar-refractivity contribution in [3.63, 3.8) is 0 Å². The molecule has 4 atom stereocenters. The van der Waals surface area contributed by atoms with Gasteiger partial charge in [0.2, 0.25) is 0 Å². The third kappa shape index (κ3) is 4.71. The Labute approximate surface area is 125 Å². The predicted octanol–water partition coefficient (Wildman–Crippen LogP) is 2.76. The fraction of sp³-hybridized carbons (Fsp3) is 1.00. The minimum absolute atomic E-state index is 0.749. The first-order chi connectivity index (χ1) is 9.72. The Balaban J connectivity index is 1.85. The zero-order valence-corrected chi connectivity index (χ0v) is 13.7. The molecule has 118 valence electrons. The van der Waals surface area contributed by atoms with E-state index in [9.17, 15) is 0 Å². The molecular formula is C17H34N2O. The number of likely N-dealkylation sites (tertiary alicyclic amines) is 1. The summed E-state index contributed by atoms with van der Waals surface area (Å²) >= 11 is 0. The van der Waals surface area contributed by atoms with E-state index >= 15 is 0 Å². The van der Waals surface area contributed by atoms with Gasteiger partial charge in [-0.15, -0.1) is 0 Å². The molecule has 2 fully saturated rings. The molecule has 0 aromatic carbocycles. The SMILES string of the molecule is CCNC1CCC(C)CC1CN1CCCC(COC)C1. The summed E-state index contributed by atoms with van der Waals surface area (Å²) in [6.45, 7) is 10.6. The fourth-order valence-electron chi connectivity index (χ4n) is 4.25. The molecule has 1 saturated heterocycles. The van der Waals surface area contributed by atoms with E-state index in [2.05, 4.69) is 24.1 Å². The zero-order chi connectivity index (χ0) is 14.4. The molecule has 2 rings (SSSR count). The van der Waals surface area contributed by atoms with Gasteiger partial charge in [-0.25, -0.2) is 0 Å². The lowest BCUT2D eigenvalue weighted by Crippen LogP contribution is -2.48. The summed E-state index contributed by atoms with van der Waals surface area (Å²) in [5.41, 5.74) is 0. The minimum atomic E-state index is 0.749. The van der Waals surface area contributed by atoms with E-state index in [1.165, 1.54) is 51.7 Å². The van der Waals surface area contributed by atoms with Gasteiger partial charge in [0.15, 0.2) is 0 Å². The lowest BCUT2D eigenvalue weighted by Gasteiger charge is -2.40. The van der Waals surface area contributed by atoms with Crippen LogP contribution in [0.2, 0.25) is 0 Å². The molecule has 1 aliphatic carbocycles. The Morgan fingerprint density at radius 1 is 1.25 bits per heavy atom. The molecule has 0 aromatic heterocycles. The summed E-state index contributed by atoms with van der Waals surface area (Å²) in [6, 6.07) is 0.749. The topological polar surface area (TPSA) is 24.5 Å². The third-order valence-electron chi connectivity index (χ3n) is 5.21. The second-order valence-electron chi connectivity index (χ2n) is 7.07. The van der Waals surface area contributed by atoms with Crippen LogP contribution in [0.15, 0.2) is 0 Å². The minimum Gasteiger partial charge on any atom is -0.384 e. The van der Waals surface area contributed by atoms with Crippen LogP contribution < -0.4 is 5.32 Å². The molecule has 0 aromatic rings. The smallest absolute Gasteiger partial charge is 0.0502 e. The maximum absolute atomic E-state index is 5.36. The maximum atomic E-state index is 5.36. The van der Waals surface area contributed by atoms with Crippen molar-refractivity contribution in [3.05, 3.63) is 0 Å². The molecule has 0 spiro atoms. The number of hydrogen-bond acceptors (Lipinski definition) is 3. The van der Waals surface area contributed by atoms with E-state index in [0.717, 1.165) is 36.9 Å². The van der Waals surface area contributed by atoms with Crippen LogP contribution in [0, 0.1) is 17.8 Å². The van der Waals surface area contributed by atoms with E-state index in [-0.39, 0.29) is 0 Å². The normalized spacial score (nSPS) is 36.1. The first-order valence-corrected chi connectivity index (χ1v) is 8.67. The summed E-state index contributed by atoms with van der Waals surface area (Å²) in [7, 11) is 1.84. The highest BCUT2D eigenvalue weighted by Gasteiger charge is 2.30. The van der Waals surface area contributed by atoms with Crippen molar-refractivity contribution in [2.75, 3.05) is 39.9 Å². The standard InChI is InChI=1S/C17H34N2O/c1-4-18-17-8-7-14(2)10-16(17)12-19-9-5-6-15(11-19)13-20-3/h14-18H,4-13H2,1-3H3. The van der Waals surface area contributed by atoms with Gasteiger partial charge in [-0.3, -0.25) is 0 Å². The van der Waals surface area contributed by atoms with Crippen LogP contribution in [0.1, 0.15) is 46.0 Å². The average Bonchev–Trinajstić information content (AvgIpc) is 2.43. The Hall–Kier alpha value is -0.120. The van der Waals surface area contributed by atoms with Gasteiger partial charge in [-0.2, -0.15) is 0 Å². The van der Waals surface area contributed by atoms with Crippen molar-refractivity contribution in [2.45, 2.75) is 52.0 Å². The first kappa shape index (κ1) is 16.3. The van der Waals surface area contributed by atoms with Gasteiger partial charge in [-0.05, 0) is 62.9 Å². The number of rotatable bonds is 6. The second kappa shape index (κ2) is 8.35. The Kier molecular flexibility index (Phi) is 6.79. The molecular weight excluding hydrogens is 248 g/mol. The van der Waals surface area contributed by atoms with Gasteiger partial charge in [-0.1, -0.05) is 13.8 Å². The average molecular weight is 282 g/mol. The van der Waals surface area contributed by atoms with Crippen molar-refractivity contribution < 1.29 is 4.74 Å². The van der Waals surface area contributed by atoms with E-state index in [1.807, 2.05) is 7.11 Å². The van der Waals surface area contributed by atoms with Gasteiger partial charge in [0, 0.05) is 26.2 Å². The highest BCUT2D eigenvalue weighted by Crippen LogP contribution is 2.30. The number of piperidine rings is 1. The highest BCUT2D eigenvalue weighted by atomic mass is 16.5. The molecule has 1 saturated carbocycles. The summed E-state index contributed by atoms with van der Waals surface area (Å²) in [6.07, 6.45) is 6.88. The molecule has 2 aliphatic rings. The summed E-state index contributed by atoms with van der Waals surface area (Å²) < 4.78 is 5.36. The number of hydrogen-bond donors (Lipinski definition) is 1. The molecule has 4 unspecified atom stereocenters. The Morgan fingerprint density at radius 2 is 2.10 bits per heavy atom. The molecule has 0 bridgehead atoms. The largest absolute Gasteiger partial charge is 0.384 e. The van der Waals surface area contributed by atoms with Gasteiger partial charge in [0.1, 0.15) is 0 Å². The van der Waals surface area contributed by atoms with Crippen molar-refractivity contribution in [3.8, 4) is 0 Å². The van der Waals surface area contributed by atoms with Crippen LogP contribution >= 0.6 is 0 Å². The Morgan fingerprint density at radius 3 is 2.85 bits per heavy atom. The highest BCUT2D eigenvalue weighted by molar-refractivity contribution is 4.86. The molecule has 3 nitrogen and oxygen atoms in total. The second-order valence-corrected chi connectivity index (χ2v) is 7.07. The van der Waals surface area contributed by atoms with Crippen LogP contribution in [0.5, 0.6) is 0 Å². The van der Waals surface area contributed by atoms with Crippen LogP contribution in [0.25, 0.3) is 0 Å². The van der Waals surface area contributed by atoms with Crippen LogP contribution in [0.3, 0.4) is 0 Å². The molecule has 1 heterocycles. The van der Waals surface area contributed by atoms with Crippen molar-refractivity contribution in [2.24, 2.45) is 17.8 Å². The Bertz CT molecular complexity index is 270.